The van der Waals surface area contributed by atoms with Crippen LogP contribution in [0.2, 0.25) is 0 Å². The second kappa shape index (κ2) is 4.89. The molecule has 0 aromatic heterocycles. The third kappa shape index (κ3) is 2.85. The first-order chi connectivity index (χ1) is 8.90. The molecule has 0 fully saturated rings. The number of aliphatic carboxylic acids is 1. The molecule has 1 aromatic carbocycles. The Hall–Kier alpha value is -2.08. The van der Waals surface area contributed by atoms with Crippen LogP contribution in [0.1, 0.15) is 22.8 Å². The number of carboxylic acids is 1. The van der Waals surface area contributed by atoms with Crippen LogP contribution in [0.4, 0.5) is 5.69 Å². The van der Waals surface area contributed by atoms with Crippen molar-refractivity contribution < 1.29 is 19.8 Å². The van der Waals surface area contributed by atoms with Gasteiger partial charge in [0.1, 0.15) is 0 Å². The molecule has 102 valence electrons. The van der Waals surface area contributed by atoms with Crippen molar-refractivity contribution in [3.05, 3.63) is 29.3 Å². The molecule has 0 saturated heterocycles. The highest BCUT2D eigenvalue weighted by atomic mass is 16.4. The van der Waals surface area contributed by atoms with Gasteiger partial charge in [0, 0.05) is 17.8 Å². The summed E-state index contributed by atoms with van der Waals surface area (Å²) in [5, 5.41) is 23.9. The summed E-state index contributed by atoms with van der Waals surface area (Å²) in [7, 11) is 0. The van der Waals surface area contributed by atoms with Crippen molar-refractivity contribution >= 4 is 17.6 Å². The van der Waals surface area contributed by atoms with Gasteiger partial charge in [-0.25, -0.2) is 4.79 Å². The first-order valence-electron chi connectivity index (χ1n) is 6.01. The number of carbonyl (C=O) groups excluding carboxylic acids is 1. The van der Waals surface area contributed by atoms with Crippen molar-refractivity contribution in [1.82, 2.24) is 5.32 Å². The van der Waals surface area contributed by atoms with Gasteiger partial charge in [-0.2, -0.15) is 0 Å². The van der Waals surface area contributed by atoms with E-state index < -0.39 is 17.5 Å². The van der Waals surface area contributed by atoms with Crippen molar-refractivity contribution in [1.29, 1.82) is 0 Å². The molecule has 1 aliphatic heterocycles. The number of hydrogen-bond acceptors (Lipinski definition) is 4. The van der Waals surface area contributed by atoms with Crippen LogP contribution in [0.25, 0.3) is 0 Å². The van der Waals surface area contributed by atoms with Crippen LogP contribution in [0.3, 0.4) is 0 Å². The Morgan fingerprint density at radius 1 is 1.47 bits per heavy atom. The van der Waals surface area contributed by atoms with Gasteiger partial charge in [-0.1, -0.05) is 0 Å². The topological polar surface area (TPSA) is 98.7 Å². The van der Waals surface area contributed by atoms with E-state index in [1.54, 1.807) is 12.1 Å². The van der Waals surface area contributed by atoms with Gasteiger partial charge in [0.05, 0.1) is 6.54 Å². The molecule has 1 aliphatic rings. The van der Waals surface area contributed by atoms with E-state index in [0.717, 1.165) is 31.1 Å². The van der Waals surface area contributed by atoms with Gasteiger partial charge in [0.15, 0.2) is 5.60 Å². The maximum Gasteiger partial charge on any atom is 0.337 e. The largest absolute Gasteiger partial charge is 0.479 e. The average Bonchev–Trinajstić information content (AvgIpc) is 2.82. The molecule has 0 bridgehead atoms. The Morgan fingerprint density at radius 3 is 2.89 bits per heavy atom. The molecular weight excluding hydrogens is 248 g/mol. The maximum absolute atomic E-state index is 11.9. The third-order valence-corrected chi connectivity index (χ3v) is 3.13. The number of aliphatic hydroxyl groups is 1. The number of benzene rings is 1. The molecule has 4 N–H and O–H groups in total. The third-order valence-electron chi connectivity index (χ3n) is 3.13. The summed E-state index contributed by atoms with van der Waals surface area (Å²) in [5.41, 5.74) is 0.587. The zero-order valence-electron chi connectivity index (χ0n) is 10.6. The van der Waals surface area contributed by atoms with Crippen LogP contribution in [-0.2, 0) is 11.2 Å². The molecule has 6 nitrogen and oxygen atoms in total. The Bertz CT molecular complexity index is 525. The minimum atomic E-state index is -1.96. The number of amides is 1. The molecule has 0 aliphatic carbocycles. The fourth-order valence-corrected chi connectivity index (χ4v) is 1.88. The Labute approximate surface area is 110 Å². The average molecular weight is 264 g/mol. The molecular formula is C13H16N2O4. The Balaban J connectivity index is 2.03. The highest BCUT2D eigenvalue weighted by Gasteiger charge is 2.30. The minimum Gasteiger partial charge on any atom is -0.479 e. The summed E-state index contributed by atoms with van der Waals surface area (Å²) in [5.74, 6) is -1.76. The first kappa shape index (κ1) is 13.4. The lowest BCUT2D eigenvalue weighted by Crippen LogP contribution is -2.46. The van der Waals surface area contributed by atoms with Crippen LogP contribution in [0.5, 0.6) is 0 Å². The molecule has 0 radical (unpaired) electrons. The highest BCUT2D eigenvalue weighted by Crippen LogP contribution is 2.22. The molecule has 1 unspecified atom stereocenters. The van der Waals surface area contributed by atoms with Gasteiger partial charge in [0.2, 0.25) is 0 Å². The number of carboxylic acid groups (broad SMARTS) is 1. The molecule has 6 heteroatoms. The molecule has 19 heavy (non-hydrogen) atoms. The van der Waals surface area contributed by atoms with Crippen LogP contribution in [-0.4, -0.2) is 40.8 Å². The molecule has 1 atom stereocenters. The summed E-state index contributed by atoms with van der Waals surface area (Å²) < 4.78 is 0. The van der Waals surface area contributed by atoms with Crippen molar-refractivity contribution in [3.8, 4) is 0 Å². The van der Waals surface area contributed by atoms with Crippen LogP contribution in [0, 0.1) is 0 Å². The lowest BCUT2D eigenvalue weighted by molar-refractivity contribution is -0.155. The predicted molar refractivity (Wildman–Crippen MR) is 69.2 cm³/mol. The van der Waals surface area contributed by atoms with Gasteiger partial charge in [-0.3, -0.25) is 4.79 Å². The molecule has 0 saturated carbocycles. The van der Waals surface area contributed by atoms with E-state index in [0.29, 0.717) is 5.56 Å². The summed E-state index contributed by atoms with van der Waals surface area (Å²) in [6.45, 7) is 1.66. The summed E-state index contributed by atoms with van der Waals surface area (Å²) >= 11 is 0. The number of rotatable bonds is 4. The molecule has 2 rings (SSSR count). The van der Waals surface area contributed by atoms with Crippen LogP contribution in [0.15, 0.2) is 18.2 Å². The maximum atomic E-state index is 11.9. The van der Waals surface area contributed by atoms with Gasteiger partial charge < -0.3 is 20.8 Å². The van der Waals surface area contributed by atoms with Crippen molar-refractivity contribution in [2.24, 2.45) is 0 Å². The zero-order chi connectivity index (χ0) is 14.0. The van der Waals surface area contributed by atoms with E-state index >= 15 is 0 Å². The van der Waals surface area contributed by atoms with Crippen molar-refractivity contribution in [2.75, 3.05) is 18.4 Å². The standard InChI is InChI=1S/C13H16N2O4/c1-13(19,12(17)18)7-15-11(16)9-2-3-10-8(6-9)4-5-14-10/h2-3,6,14,19H,4-5,7H2,1H3,(H,15,16)(H,17,18). The summed E-state index contributed by atoms with van der Waals surface area (Å²) in [6, 6.07) is 5.27. The number of anilines is 1. The quantitative estimate of drug-likeness (QED) is 0.623. The van der Waals surface area contributed by atoms with E-state index in [4.69, 9.17) is 5.11 Å². The monoisotopic (exact) mass is 264 g/mol. The van der Waals surface area contributed by atoms with E-state index in [1.165, 1.54) is 0 Å². The van der Waals surface area contributed by atoms with E-state index in [2.05, 4.69) is 10.6 Å². The number of hydrogen-bond donors (Lipinski definition) is 4. The fourth-order valence-electron chi connectivity index (χ4n) is 1.88. The van der Waals surface area contributed by atoms with Crippen LogP contribution >= 0.6 is 0 Å². The minimum absolute atomic E-state index is 0.337. The SMILES string of the molecule is CC(O)(CNC(=O)c1ccc2c(c1)CCN2)C(=O)O. The van der Waals surface area contributed by atoms with Crippen molar-refractivity contribution in [2.45, 2.75) is 18.9 Å². The lowest BCUT2D eigenvalue weighted by atomic mass is 10.1. The van der Waals surface area contributed by atoms with E-state index in [-0.39, 0.29) is 6.54 Å². The number of fused-ring (bicyclic) bond motifs is 1. The molecule has 1 aromatic rings. The highest BCUT2D eigenvalue weighted by molar-refractivity contribution is 5.95. The fraction of sp³-hybridized carbons (Fsp3) is 0.385. The van der Waals surface area contributed by atoms with E-state index in [1.807, 2.05) is 6.07 Å². The second-order valence-corrected chi connectivity index (χ2v) is 4.81. The predicted octanol–water partition coefficient (Wildman–Crippen LogP) is 0.220. The first-order valence-corrected chi connectivity index (χ1v) is 6.01. The molecule has 1 heterocycles. The summed E-state index contributed by atoms with van der Waals surface area (Å²) in [6.07, 6.45) is 0.864. The second-order valence-electron chi connectivity index (χ2n) is 4.81. The van der Waals surface area contributed by atoms with Gasteiger partial charge in [-0.15, -0.1) is 0 Å². The Kier molecular flexibility index (Phi) is 3.44. The Morgan fingerprint density at radius 2 is 2.21 bits per heavy atom. The smallest absolute Gasteiger partial charge is 0.337 e. The van der Waals surface area contributed by atoms with Gasteiger partial charge in [0.25, 0.3) is 5.91 Å². The van der Waals surface area contributed by atoms with Gasteiger partial charge in [-0.05, 0) is 37.1 Å². The lowest BCUT2D eigenvalue weighted by Gasteiger charge is -2.18. The van der Waals surface area contributed by atoms with Crippen molar-refractivity contribution in [3.63, 3.8) is 0 Å². The number of carbonyl (C=O) groups is 2. The summed E-state index contributed by atoms with van der Waals surface area (Å²) in [4.78, 5) is 22.6. The van der Waals surface area contributed by atoms with Gasteiger partial charge >= 0.3 is 5.97 Å². The zero-order valence-corrected chi connectivity index (χ0v) is 10.6. The number of nitrogens with one attached hydrogen (secondary N) is 2. The van der Waals surface area contributed by atoms with Crippen LogP contribution < -0.4 is 10.6 Å². The van der Waals surface area contributed by atoms with E-state index in [9.17, 15) is 14.7 Å². The molecule has 0 spiro atoms. The normalized spacial score (nSPS) is 16.1. The molecule has 1 amide bonds.